The van der Waals surface area contributed by atoms with Crippen LogP contribution in [0.2, 0.25) is 0 Å². The lowest BCUT2D eigenvalue weighted by Gasteiger charge is -2.08. The zero-order valence-electron chi connectivity index (χ0n) is 9.93. The Hall–Kier alpha value is -2.39. The Morgan fingerprint density at radius 3 is 2.60 bits per heavy atom. The summed E-state index contributed by atoms with van der Waals surface area (Å²) in [6, 6.07) is 9.80. The summed E-state index contributed by atoms with van der Waals surface area (Å²) in [5.74, 6) is -1.17. The first-order valence-electron chi connectivity index (χ1n) is 5.41. The lowest BCUT2D eigenvalue weighted by atomic mass is 10.2. The molecule has 0 aliphatic rings. The van der Waals surface area contributed by atoms with Crippen molar-refractivity contribution in [2.45, 2.75) is 0 Å². The van der Waals surface area contributed by atoms with Gasteiger partial charge in [-0.15, -0.1) is 0 Å². The first-order chi connectivity index (χ1) is 9.51. The fourth-order valence-electron chi connectivity index (χ4n) is 1.49. The number of ether oxygens (including phenoxy) is 1. The fourth-order valence-corrected chi connectivity index (χ4v) is 1.95. The van der Waals surface area contributed by atoms with Crippen molar-refractivity contribution < 1.29 is 19.0 Å². The first kappa shape index (κ1) is 14.0. The summed E-state index contributed by atoms with van der Waals surface area (Å²) in [6.45, 7) is 0. The predicted molar refractivity (Wildman–Crippen MR) is 72.3 cm³/mol. The van der Waals surface area contributed by atoms with Gasteiger partial charge in [0.1, 0.15) is 23.4 Å². The van der Waals surface area contributed by atoms with Crippen molar-refractivity contribution >= 4 is 21.9 Å². The minimum Gasteiger partial charge on any atom is -0.478 e. The molecule has 0 saturated carbocycles. The SMILES string of the molecule is N#Cc1ccc(Oc2ccc(C(=O)O)cc2Br)cc1F. The second-order valence-electron chi connectivity index (χ2n) is 3.81. The molecule has 0 radical (unpaired) electrons. The maximum atomic E-state index is 13.4. The van der Waals surface area contributed by atoms with Crippen LogP contribution >= 0.6 is 15.9 Å². The van der Waals surface area contributed by atoms with E-state index in [2.05, 4.69) is 15.9 Å². The molecule has 2 rings (SSSR count). The van der Waals surface area contributed by atoms with E-state index in [9.17, 15) is 9.18 Å². The smallest absolute Gasteiger partial charge is 0.335 e. The number of aromatic carboxylic acids is 1. The summed E-state index contributed by atoms with van der Waals surface area (Å²) in [5.41, 5.74) is 0.0351. The fraction of sp³-hybridized carbons (Fsp3) is 0. The Bertz CT molecular complexity index is 725. The zero-order chi connectivity index (χ0) is 14.7. The van der Waals surface area contributed by atoms with Crippen molar-refractivity contribution in [2.24, 2.45) is 0 Å². The van der Waals surface area contributed by atoms with Crippen molar-refractivity contribution in [3.8, 4) is 17.6 Å². The van der Waals surface area contributed by atoms with Gasteiger partial charge in [0.05, 0.1) is 15.6 Å². The third-order valence-electron chi connectivity index (χ3n) is 2.47. The molecule has 0 bridgehead atoms. The number of halogens is 2. The minimum absolute atomic E-state index is 0.0716. The van der Waals surface area contributed by atoms with E-state index in [1.165, 1.54) is 30.3 Å². The normalized spacial score (nSPS) is 9.85. The van der Waals surface area contributed by atoms with Gasteiger partial charge in [0, 0.05) is 6.07 Å². The van der Waals surface area contributed by atoms with Crippen LogP contribution in [0.1, 0.15) is 15.9 Å². The summed E-state index contributed by atoms with van der Waals surface area (Å²) in [6.07, 6.45) is 0. The van der Waals surface area contributed by atoms with Gasteiger partial charge in [-0.2, -0.15) is 5.26 Å². The van der Waals surface area contributed by atoms with E-state index in [1.54, 1.807) is 6.07 Å². The van der Waals surface area contributed by atoms with Crippen molar-refractivity contribution in [3.05, 3.63) is 57.8 Å². The van der Waals surface area contributed by atoms with Crippen LogP contribution < -0.4 is 4.74 Å². The molecule has 2 aromatic rings. The summed E-state index contributed by atoms with van der Waals surface area (Å²) >= 11 is 3.19. The maximum Gasteiger partial charge on any atom is 0.335 e. The molecule has 0 atom stereocenters. The molecule has 0 saturated heterocycles. The van der Waals surface area contributed by atoms with Crippen LogP contribution in [0.25, 0.3) is 0 Å². The number of benzene rings is 2. The van der Waals surface area contributed by atoms with Crippen LogP contribution in [0, 0.1) is 17.1 Å². The monoisotopic (exact) mass is 335 g/mol. The van der Waals surface area contributed by atoms with Crippen LogP contribution in [0.3, 0.4) is 0 Å². The Kier molecular flexibility index (Phi) is 4.01. The Morgan fingerprint density at radius 2 is 2.05 bits per heavy atom. The highest BCUT2D eigenvalue weighted by Crippen LogP contribution is 2.31. The molecule has 0 aromatic heterocycles. The molecule has 6 heteroatoms. The molecule has 0 spiro atoms. The number of hydrogen-bond donors (Lipinski definition) is 1. The van der Waals surface area contributed by atoms with Crippen LogP contribution in [-0.2, 0) is 0 Å². The molecule has 0 heterocycles. The molecule has 0 fully saturated rings. The number of carboxylic acids is 1. The molecule has 4 nitrogen and oxygen atoms in total. The average Bonchev–Trinajstić information content (AvgIpc) is 2.41. The third-order valence-corrected chi connectivity index (χ3v) is 3.09. The summed E-state index contributed by atoms with van der Waals surface area (Å²) < 4.78 is 19.3. The van der Waals surface area contributed by atoms with E-state index in [0.29, 0.717) is 10.2 Å². The van der Waals surface area contributed by atoms with Gasteiger partial charge in [0.25, 0.3) is 0 Å². The van der Waals surface area contributed by atoms with Crippen LogP contribution in [0.15, 0.2) is 40.9 Å². The van der Waals surface area contributed by atoms with E-state index in [0.717, 1.165) is 6.07 Å². The summed E-state index contributed by atoms with van der Waals surface area (Å²) in [5, 5.41) is 17.5. The van der Waals surface area contributed by atoms with Crippen LogP contribution in [0.5, 0.6) is 11.5 Å². The number of rotatable bonds is 3. The highest BCUT2D eigenvalue weighted by molar-refractivity contribution is 9.10. The average molecular weight is 336 g/mol. The van der Waals surface area contributed by atoms with Gasteiger partial charge in [-0.05, 0) is 46.3 Å². The largest absolute Gasteiger partial charge is 0.478 e. The molecule has 100 valence electrons. The number of carboxylic acid groups (broad SMARTS) is 1. The van der Waals surface area contributed by atoms with Gasteiger partial charge >= 0.3 is 5.97 Å². The quantitative estimate of drug-likeness (QED) is 0.921. The standard InChI is InChI=1S/C14H7BrFNO3/c15-11-5-8(14(18)19)2-4-13(11)20-10-3-1-9(7-17)12(16)6-10/h1-6H,(H,18,19). The van der Waals surface area contributed by atoms with Crippen molar-refractivity contribution in [1.82, 2.24) is 0 Å². The van der Waals surface area contributed by atoms with Gasteiger partial charge in [0.15, 0.2) is 0 Å². The molecular formula is C14H7BrFNO3. The molecular weight excluding hydrogens is 329 g/mol. The van der Waals surface area contributed by atoms with Gasteiger partial charge in [0.2, 0.25) is 0 Å². The number of carbonyl (C=O) groups is 1. The Morgan fingerprint density at radius 1 is 1.30 bits per heavy atom. The third kappa shape index (κ3) is 2.95. The number of nitrogens with zero attached hydrogens (tertiary/aromatic N) is 1. The van der Waals surface area contributed by atoms with Gasteiger partial charge in [-0.25, -0.2) is 9.18 Å². The van der Waals surface area contributed by atoms with Gasteiger partial charge in [-0.1, -0.05) is 0 Å². The van der Waals surface area contributed by atoms with E-state index in [1.807, 2.05) is 0 Å². The predicted octanol–water partition coefficient (Wildman–Crippen LogP) is 3.95. The van der Waals surface area contributed by atoms with Crippen LogP contribution in [-0.4, -0.2) is 11.1 Å². The highest BCUT2D eigenvalue weighted by atomic mass is 79.9. The molecule has 0 unspecified atom stereocenters. The molecule has 0 aliphatic heterocycles. The Labute approximate surface area is 122 Å². The van der Waals surface area contributed by atoms with Gasteiger partial charge < -0.3 is 9.84 Å². The number of hydrogen-bond acceptors (Lipinski definition) is 3. The summed E-state index contributed by atoms with van der Waals surface area (Å²) in [7, 11) is 0. The molecule has 0 amide bonds. The van der Waals surface area contributed by atoms with Crippen molar-refractivity contribution in [2.75, 3.05) is 0 Å². The maximum absolute atomic E-state index is 13.4. The lowest BCUT2D eigenvalue weighted by Crippen LogP contribution is -1.96. The minimum atomic E-state index is -1.05. The highest BCUT2D eigenvalue weighted by Gasteiger charge is 2.10. The molecule has 1 N–H and O–H groups in total. The van der Waals surface area contributed by atoms with E-state index in [-0.39, 0.29) is 16.9 Å². The lowest BCUT2D eigenvalue weighted by molar-refractivity contribution is 0.0697. The molecule has 2 aromatic carbocycles. The molecule has 20 heavy (non-hydrogen) atoms. The second kappa shape index (κ2) is 5.72. The van der Waals surface area contributed by atoms with E-state index < -0.39 is 11.8 Å². The number of nitriles is 1. The van der Waals surface area contributed by atoms with Crippen molar-refractivity contribution in [1.29, 1.82) is 5.26 Å². The van der Waals surface area contributed by atoms with Crippen LogP contribution in [0.4, 0.5) is 4.39 Å². The summed E-state index contributed by atoms with van der Waals surface area (Å²) in [4.78, 5) is 10.8. The first-order valence-corrected chi connectivity index (χ1v) is 6.21. The van der Waals surface area contributed by atoms with Gasteiger partial charge in [-0.3, -0.25) is 0 Å². The topological polar surface area (TPSA) is 70.3 Å². The van der Waals surface area contributed by atoms with Crippen molar-refractivity contribution in [3.63, 3.8) is 0 Å². The molecule has 0 aliphatic carbocycles. The Balaban J connectivity index is 2.29. The van der Waals surface area contributed by atoms with E-state index in [4.69, 9.17) is 15.1 Å². The second-order valence-corrected chi connectivity index (χ2v) is 4.66. The van der Waals surface area contributed by atoms with E-state index >= 15 is 0 Å². The zero-order valence-corrected chi connectivity index (χ0v) is 11.5.